The fourth-order valence-electron chi connectivity index (χ4n) is 1.67. The van der Waals surface area contributed by atoms with Crippen LogP contribution >= 0.6 is 0 Å². The van der Waals surface area contributed by atoms with Gasteiger partial charge in [0.1, 0.15) is 5.75 Å². The van der Waals surface area contributed by atoms with Gasteiger partial charge in [0.2, 0.25) is 0 Å². The monoisotopic (exact) mass is 232 g/mol. The quantitative estimate of drug-likeness (QED) is 0.883. The first kappa shape index (κ1) is 11.6. The van der Waals surface area contributed by atoms with Crippen LogP contribution in [0, 0.1) is 12.8 Å². The molecule has 0 radical (unpaired) electrons. The number of phenolic OH excluding ortho intramolecular Hbond substituents is 1. The van der Waals surface area contributed by atoms with Gasteiger partial charge in [0, 0.05) is 17.5 Å². The molecule has 4 heteroatoms. The lowest BCUT2D eigenvalue weighted by Gasteiger charge is -2.02. The number of benzene rings is 1. The molecule has 0 unspecified atom stereocenters. The number of nitrogens with zero attached hydrogens (tertiary/aromatic N) is 2. The second-order valence-corrected chi connectivity index (χ2v) is 4.56. The second kappa shape index (κ2) is 4.57. The summed E-state index contributed by atoms with van der Waals surface area (Å²) in [7, 11) is 0. The molecule has 0 aliphatic carbocycles. The molecule has 0 spiro atoms. The van der Waals surface area contributed by atoms with Gasteiger partial charge in [-0.3, -0.25) is 0 Å². The minimum atomic E-state index is 0.242. The van der Waals surface area contributed by atoms with E-state index in [1.807, 2.05) is 13.0 Å². The van der Waals surface area contributed by atoms with Gasteiger partial charge in [-0.1, -0.05) is 25.1 Å². The summed E-state index contributed by atoms with van der Waals surface area (Å²) in [6, 6.07) is 5.27. The van der Waals surface area contributed by atoms with Crippen LogP contribution in [0.15, 0.2) is 22.7 Å². The van der Waals surface area contributed by atoms with Crippen LogP contribution in [0.3, 0.4) is 0 Å². The van der Waals surface area contributed by atoms with Crippen LogP contribution in [0.2, 0.25) is 0 Å². The Balaban J connectivity index is 2.34. The fraction of sp³-hybridized carbons (Fsp3) is 0.385. The highest BCUT2D eigenvalue weighted by Crippen LogP contribution is 2.27. The zero-order valence-corrected chi connectivity index (χ0v) is 10.3. The summed E-state index contributed by atoms with van der Waals surface area (Å²) in [6.45, 7) is 6.04. The number of hydrogen-bond acceptors (Lipinski definition) is 4. The largest absolute Gasteiger partial charge is 0.508 e. The second-order valence-electron chi connectivity index (χ2n) is 4.56. The van der Waals surface area contributed by atoms with Crippen molar-refractivity contribution < 1.29 is 9.63 Å². The van der Waals surface area contributed by atoms with E-state index >= 15 is 0 Å². The van der Waals surface area contributed by atoms with Crippen LogP contribution in [0.5, 0.6) is 5.75 Å². The van der Waals surface area contributed by atoms with Gasteiger partial charge in [-0.05, 0) is 25.0 Å². The Hall–Kier alpha value is -1.84. The maximum absolute atomic E-state index is 9.62. The molecule has 4 nitrogen and oxygen atoms in total. The highest BCUT2D eigenvalue weighted by molar-refractivity contribution is 5.61. The first-order valence-corrected chi connectivity index (χ1v) is 5.69. The van der Waals surface area contributed by atoms with Crippen molar-refractivity contribution in [2.45, 2.75) is 27.2 Å². The Morgan fingerprint density at radius 2 is 2.12 bits per heavy atom. The van der Waals surface area contributed by atoms with E-state index in [1.165, 1.54) is 0 Å². The maximum atomic E-state index is 9.62. The van der Waals surface area contributed by atoms with Crippen LogP contribution in [0.1, 0.15) is 25.2 Å². The molecular formula is C13H16N2O2. The number of rotatable bonds is 3. The molecule has 17 heavy (non-hydrogen) atoms. The van der Waals surface area contributed by atoms with Crippen molar-refractivity contribution in [3.63, 3.8) is 0 Å². The molecule has 0 amide bonds. The molecule has 2 aromatic rings. The average molecular weight is 232 g/mol. The molecule has 1 aromatic carbocycles. The predicted octanol–water partition coefficient (Wildman–Crippen LogP) is 2.95. The molecule has 0 aliphatic rings. The van der Waals surface area contributed by atoms with Crippen LogP contribution in [0.25, 0.3) is 11.5 Å². The van der Waals surface area contributed by atoms with Gasteiger partial charge in [0.25, 0.3) is 5.89 Å². The van der Waals surface area contributed by atoms with Gasteiger partial charge < -0.3 is 9.63 Å². The molecule has 0 atom stereocenters. The van der Waals surface area contributed by atoms with Crippen LogP contribution in [-0.2, 0) is 6.42 Å². The van der Waals surface area contributed by atoms with Crippen molar-refractivity contribution in [1.82, 2.24) is 10.1 Å². The Labute approximate surface area is 100 Å². The Kier molecular flexibility index (Phi) is 3.13. The zero-order valence-electron chi connectivity index (χ0n) is 10.3. The van der Waals surface area contributed by atoms with E-state index in [4.69, 9.17) is 4.52 Å². The third-order valence-electron chi connectivity index (χ3n) is 2.59. The minimum Gasteiger partial charge on any atom is -0.508 e. The van der Waals surface area contributed by atoms with Crippen molar-refractivity contribution in [3.8, 4) is 17.2 Å². The van der Waals surface area contributed by atoms with Gasteiger partial charge >= 0.3 is 0 Å². The fourth-order valence-corrected chi connectivity index (χ4v) is 1.67. The molecule has 0 saturated heterocycles. The van der Waals surface area contributed by atoms with Crippen molar-refractivity contribution in [3.05, 3.63) is 29.6 Å². The Bertz CT molecular complexity index is 518. The third kappa shape index (κ3) is 2.46. The van der Waals surface area contributed by atoms with Gasteiger partial charge in [-0.2, -0.15) is 4.98 Å². The van der Waals surface area contributed by atoms with E-state index in [0.717, 1.165) is 17.5 Å². The van der Waals surface area contributed by atoms with Crippen LogP contribution < -0.4 is 0 Å². The number of hydrogen-bond donors (Lipinski definition) is 1. The summed E-state index contributed by atoms with van der Waals surface area (Å²) in [4.78, 5) is 4.33. The van der Waals surface area contributed by atoms with Crippen LogP contribution in [-0.4, -0.2) is 15.2 Å². The minimum absolute atomic E-state index is 0.242. The molecule has 0 aliphatic heterocycles. The van der Waals surface area contributed by atoms with Gasteiger partial charge in [-0.25, -0.2) is 0 Å². The molecule has 1 aromatic heterocycles. The highest BCUT2D eigenvalue weighted by atomic mass is 16.5. The molecule has 1 heterocycles. The van der Waals surface area contributed by atoms with Crippen molar-refractivity contribution in [2.75, 3.05) is 0 Å². The van der Waals surface area contributed by atoms with Crippen LogP contribution in [0.4, 0.5) is 0 Å². The normalized spacial score (nSPS) is 11.1. The molecule has 0 fully saturated rings. The average Bonchev–Trinajstić information content (AvgIpc) is 2.69. The summed E-state index contributed by atoms with van der Waals surface area (Å²) >= 11 is 0. The molecule has 1 N–H and O–H groups in total. The standard InChI is InChI=1S/C13H16N2O2/c1-8(2)7-12-14-13(17-15-12)10-5-4-6-11(16)9(10)3/h4-6,8,16H,7H2,1-3H3. The number of aromatic nitrogens is 2. The predicted molar refractivity (Wildman–Crippen MR) is 64.7 cm³/mol. The van der Waals surface area contributed by atoms with E-state index in [0.29, 0.717) is 17.6 Å². The Morgan fingerprint density at radius 3 is 2.82 bits per heavy atom. The van der Waals surface area contributed by atoms with Crippen molar-refractivity contribution >= 4 is 0 Å². The Morgan fingerprint density at radius 1 is 1.35 bits per heavy atom. The molecule has 90 valence electrons. The van der Waals surface area contributed by atoms with E-state index < -0.39 is 0 Å². The number of phenols is 1. The van der Waals surface area contributed by atoms with E-state index in [1.54, 1.807) is 12.1 Å². The molecule has 0 saturated carbocycles. The van der Waals surface area contributed by atoms with Gasteiger partial charge in [-0.15, -0.1) is 0 Å². The first-order chi connectivity index (χ1) is 8.08. The molecular weight excluding hydrogens is 216 g/mol. The topological polar surface area (TPSA) is 59.2 Å². The van der Waals surface area contributed by atoms with E-state index in [9.17, 15) is 5.11 Å². The lowest BCUT2D eigenvalue weighted by atomic mass is 10.1. The summed E-state index contributed by atoms with van der Waals surface area (Å²) in [5, 5.41) is 13.6. The molecule has 2 rings (SSSR count). The number of aromatic hydroxyl groups is 1. The van der Waals surface area contributed by atoms with Gasteiger partial charge in [0.05, 0.1) is 0 Å². The molecule has 0 bridgehead atoms. The van der Waals surface area contributed by atoms with Crippen molar-refractivity contribution in [1.29, 1.82) is 0 Å². The highest BCUT2D eigenvalue weighted by Gasteiger charge is 2.13. The third-order valence-corrected chi connectivity index (χ3v) is 2.59. The SMILES string of the molecule is Cc1c(O)cccc1-c1nc(CC(C)C)no1. The summed E-state index contributed by atoms with van der Waals surface area (Å²) < 4.78 is 5.22. The summed E-state index contributed by atoms with van der Waals surface area (Å²) in [5.41, 5.74) is 1.54. The first-order valence-electron chi connectivity index (χ1n) is 5.69. The summed E-state index contributed by atoms with van der Waals surface area (Å²) in [5.74, 6) is 1.91. The van der Waals surface area contributed by atoms with E-state index in [-0.39, 0.29) is 5.75 Å². The van der Waals surface area contributed by atoms with Crippen molar-refractivity contribution in [2.24, 2.45) is 5.92 Å². The summed E-state index contributed by atoms with van der Waals surface area (Å²) in [6.07, 6.45) is 0.793. The lowest BCUT2D eigenvalue weighted by molar-refractivity contribution is 0.417. The lowest BCUT2D eigenvalue weighted by Crippen LogP contribution is -1.95. The van der Waals surface area contributed by atoms with E-state index in [2.05, 4.69) is 24.0 Å². The zero-order chi connectivity index (χ0) is 12.4. The maximum Gasteiger partial charge on any atom is 0.258 e. The smallest absolute Gasteiger partial charge is 0.258 e. The van der Waals surface area contributed by atoms with Gasteiger partial charge in [0.15, 0.2) is 5.82 Å².